The van der Waals surface area contributed by atoms with Gasteiger partial charge < -0.3 is 4.42 Å². The fourth-order valence-corrected chi connectivity index (χ4v) is 4.32. The molecule has 1 aliphatic rings. The van der Waals surface area contributed by atoms with Crippen LogP contribution in [0.25, 0.3) is 23.1 Å². The maximum Gasteiger partial charge on any atom is 0.269 e. The van der Waals surface area contributed by atoms with E-state index in [0.29, 0.717) is 44.1 Å². The molecule has 0 saturated carbocycles. The van der Waals surface area contributed by atoms with Gasteiger partial charge in [-0.1, -0.05) is 53.5 Å². The van der Waals surface area contributed by atoms with Gasteiger partial charge in [-0.25, -0.2) is 0 Å². The van der Waals surface area contributed by atoms with Crippen LogP contribution in [0.4, 0.5) is 11.4 Å². The Morgan fingerprint density at radius 2 is 1.63 bits per heavy atom. The van der Waals surface area contributed by atoms with Crippen LogP contribution < -0.4 is 4.90 Å². The summed E-state index contributed by atoms with van der Waals surface area (Å²) in [5, 5.41) is 11.7. The maximum atomic E-state index is 13.5. The topological polar surface area (TPSA) is 76.6 Å². The van der Waals surface area contributed by atoms with Crippen LogP contribution >= 0.6 is 23.2 Å². The van der Waals surface area contributed by atoms with Crippen LogP contribution in [0.15, 0.2) is 101 Å². The smallest absolute Gasteiger partial charge is 0.269 e. The number of amides is 1. The second-order valence-corrected chi connectivity index (χ2v) is 8.58. The first-order valence-corrected chi connectivity index (χ1v) is 11.3. The summed E-state index contributed by atoms with van der Waals surface area (Å²) >= 11 is 12.5. The van der Waals surface area contributed by atoms with Gasteiger partial charge in [0.05, 0.1) is 21.3 Å². The largest absolute Gasteiger partial charge is 0.457 e. The zero-order valence-electron chi connectivity index (χ0n) is 18.0. The van der Waals surface area contributed by atoms with Crippen LogP contribution in [0.5, 0.6) is 0 Å². The average molecular weight is 503 g/mol. The van der Waals surface area contributed by atoms with Crippen molar-refractivity contribution in [3.8, 4) is 11.3 Å². The number of carbonyl (C=O) groups excluding carboxylic acids is 1. The lowest BCUT2D eigenvalue weighted by Crippen LogP contribution is -2.25. The third kappa shape index (κ3) is 4.49. The molecule has 1 aromatic heterocycles. The van der Waals surface area contributed by atoms with Crippen LogP contribution in [0.3, 0.4) is 0 Å². The van der Waals surface area contributed by atoms with Gasteiger partial charge in [0.25, 0.3) is 11.6 Å². The molecule has 0 bridgehead atoms. The number of carbonyl (C=O) groups is 1. The van der Waals surface area contributed by atoms with Crippen molar-refractivity contribution in [2.24, 2.45) is 0 Å². The number of benzene rings is 3. The number of nitrogens with zero attached hydrogens (tertiary/aromatic N) is 2. The highest BCUT2D eigenvalue weighted by Crippen LogP contribution is 2.39. The SMILES string of the molecule is O=C1/C(=C/c2ccc(-c3ccc([N+](=O)[O-])cc3)o2)C=C(c2ccccc2)N1c1ccc(Cl)cc1Cl. The van der Waals surface area contributed by atoms with E-state index < -0.39 is 4.92 Å². The van der Waals surface area contributed by atoms with Crippen LogP contribution in [0.2, 0.25) is 10.0 Å². The van der Waals surface area contributed by atoms with Gasteiger partial charge >= 0.3 is 0 Å². The number of anilines is 1. The summed E-state index contributed by atoms with van der Waals surface area (Å²) in [6.07, 6.45) is 3.45. The molecule has 0 radical (unpaired) electrons. The average Bonchev–Trinajstić information content (AvgIpc) is 3.45. The molecule has 0 atom stereocenters. The van der Waals surface area contributed by atoms with E-state index in [0.717, 1.165) is 5.56 Å². The first kappa shape index (κ1) is 22.7. The predicted molar refractivity (Wildman–Crippen MR) is 137 cm³/mol. The van der Waals surface area contributed by atoms with E-state index in [1.165, 1.54) is 12.1 Å². The van der Waals surface area contributed by atoms with E-state index in [1.807, 2.05) is 30.3 Å². The van der Waals surface area contributed by atoms with Crippen molar-refractivity contribution < 1.29 is 14.1 Å². The van der Waals surface area contributed by atoms with E-state index in [1.54, 1.807) is 59.5 Å². The molecule has 0 saturated heterocycles. The highest BCUT2D eigenvalue weighted by atomic mass is 35.5. The van der Waals surface area contributed by atoms with Crippen molar-refractivity contribution in [3.63, 3.8) is 0 Å². The summed E-state index contributed by atoms with van der Waals surface area (Å²) in [5.41, 5.74) is 3.14. The number of hydrogen-bond donors (Lipinski definition) is 0. The van der Waals surface area contributed by atoms with Gasteiger partial charge in [0, 0.05) is 28.3 Å². The van der Waals surface area contributed by atoms with Crippen LogP contribution in [0.1, 0.15) is 11.3 Å². The number of furan rings is 1. The molecule has 5 rings (SSSR count). The Balaban J connectivity index is 1.52. The van der Waals surface area contributed by atoms with E-state index in [4.69, 9.17) is 27.6 Å². The fraction of sp³-hybridized carbons (Fsp3) is 0. The molecule has 0 unspecified atom stereocenters. The van der Waals surface area contributed by atoms with Gasteiger partial charge in [0.2, 0.25) is 0 Å². The Hall–Kier alpha value is -4.13. The minimum absolute atomic E-state index is 0.00118. The minimum atomic E-state index is -0.456. The highest BCUT2D eigenvalue weighted by Gasteiger charge is 2.32. The molecule has 35 heavy (non-hydrogen) atoms. The lowest BCUT2D eigenvalue weighted by atomic mass is 10.1. The molecule has 0 N–H and O–H groups in total. The molecule has 172 valence electrons. The Morgan fingerprint density at radius 3 is 2.31 bits per heavy atom. The van der Waals surface area contributed by atoms with Gasteiger partial charge in [-0.15, -0.1) is 0 Å². The van der Waals surface area contributed by atoms with Crippen molar-refractivity contribution in [2.45, 2.75) is 0 Å². The monoisotopic (exact) mass is 502 g/mol. The maximum absolute atomic E-state index is 13.5. The molecule has 2 heterocycles. The molecule has 3 aromatic carbocycles. The lowest BCUT2D eigenvalue weighted by molar-refractivity contribution is -0.384. The summed E-state index contributed by atoms with van der Waals surface area (Å²) in [4.78, 5) is 25.5. The Labute approximate surface area is 210 Å². The second kappa shape index (κ2) is 9.25. The third-order valence-corrected chi connectivity index (χ3v) is 6.03. The first-order valence-electron chi connectivity index (χ1n) is 10.5. The molecule has 1 amide bonds. The number of nitro groups is 1. The number of non-ortho nitro benzene ring substituents is 1. The molecule has 6 nitrogen and oxygen atoms in total. The van der Waals surface area contributed by atoms with Crippen LogP contribution in [-0.4, -0.2) is 10.8 Å². The van der Waals surface area contributed by atoms with Gasteiger partial charge in [-0.05, 0) is 60.2 Å². The Morgan fingerprint density at radius 1 is 0.886 bits per heavy atom. The highest BCUT2D eigenvalue weighted by molar-refractivity contribution is 6.38. The van der Waals surface area contributed by atoms with Crippen molar-refractivity contribution in [1.82, 2.24) is 0 Å². The molecule has 0 aliphatic carbocycles. The van der Waals surface area contributed by atoms with Gasteiger partial charge in [-0.2, -0.15) is 0 Å². The van der Waals surface area contributed by atoms with Crippen LogP contribution in [-0.2, 0) is 4.79 Å². The fourth-order valence-electron chi connectivity index (χ4n) is 3.82. The summed E-state index contributed by atoms with van der Waals surface area (Å²) in [7, 11) is 0. The molecule has 4 aromatic rings. The summed E-state index contributed by atoms with van der Waals surface area (Å²) in [6.45, 7) is 0. The quantitative estimate of drug-likeness (QED) is 0.159. The zero-order valence-corrected chi connectivity index (χ0v) is 19.5. The van der Waals surface area contributed by atoms with E-state index in [9.17, 15) is 14.9 Å². The van der Waals surface area contributed by atoms with Crippen molar-refractivity contribution in [3.05, 3.63) is 128 Å². The molecular formula is C27H16Cl2N2O4. The molecule has 0 fully saturated rings. The van der Waals surface area contributed by atoms with Gasteiger partial charge in [0.15, 0.2) is 0 Å². The predicted octanol–water partition coefficient (Wildman–Crippen LogP) is 7.63. The first-order chi connectivity index (χ1) is 16.9. The van der Waals surface area contributed by atoms with Crippen molar-refractivity contribution in [1.29, 1.82) is 0 Å². The number of halogens is 2. The molecule has 0 spiro atoms. The van der Waals surface area contributed by atoms with Crippen molar-refractivity contribution in [2.75, 3.05) is 4.90 Å². The summed E-state index contributed by atoms with van der Waals surface area (Å²) < 4.78 is 5.91. The minimum Gasteiger partial charge on any atom is -0.457 e. The van der Waals surface area contributed by atoms with Crippen LogP contribution in [0, 0.1) is 10.1 Å². The van der Waals surface area contributed by atoms with Gasteiger partial charge in [0.1, 0.15) is 11.5 Å². The summed E-state index contributed by atoms with van der Waals surface area (Å²) in [5.74, 6) is 0.734. The normalized spacial score (nSPS) is 14.5. The zero-order chi connectivity index (χ0) is 24.5. The number of hydrogen-bond acceptors (Lipinski definition) is 4. The standard InChI is InChI=1S/C27H16Cl2N2O4/c28-20-8-12-24(23(29)16-20)30-25(17-4-2-1-3-5-17)15-19(27(30)32)14-22-11-13-26(35-22)18-6-9-21(10-7-18)31(33)34/h1-16H/b19-14+. The third-order valence-electron chi connectivity index (χ3n) is 5.49. The summed E-state index contributed by atoms with van der Waals surface area (Å²) in [6, 6.07) is 24.1. The number of nitro benzene ring substituents is 1. The second-order valence-electron chi connectivity index (χ2n) is 7.74. The van der Waals surface area contributed by atoms with E-state index in [2.05, 4.69) is 0 Å². The number of rotatable bonds is 5. The molecular weight excluding hydrogens is 487 g/mol. The van der Waals surface area contributed by atoms with E-state index in [-0.39, 0.29) is 11.6 Å². The molecule has 1 aliphatic heterocycles. The Kier molecular flexibility index (Phi) is 5.99. The van der Waals surface area contributed by atoms with E-state index >= 15 is 0 Å². The van der Waals surface area contributed by atoms with Crippen molar-refractivity contribution >= 4 is 52.3 Å². The lowest BCUT2D eigenvalue weighted by Gasteiger charge is -2.22. The van der Waals surface area contributed by atoms with Gasteiger partial charge in [-0.3, -0.25) is 19.8 Å². The Bertz CT molecular complexity index is 1510. The molecule has 8 heteroatoms.